The van der Waals surface area contributed by atoms with Crippen molar-refractivity contribution < 1.29 is 14.2 Å². The molecule has 3 aliphatic carbocycles. The number of rotatable bonds is 6. The topological polar surface area (TPSA) is 27.7 Å². The quantitative estimate of drug-likeness (QED) is 0.529. The van der Waals surface area contributed by atoms with Crippen LogP contribution in [0.5, 0.6) is 0 Å². The predicted molar refractivity (Wildman–Crippen MR) is 66.7 cm³/mol. The molecule has 0 radical (unpaired) electrons. The summed E-state index contributed by atoms with van der Waals surface area (Å²) < 4.78 is 16.2. The zero-order valence-electron chi connectivity index (χ0n) is 11.6. The molecule has 3 rings (SSSR count). The Morgan fingerprint density at radius 2 is 1.94 bits per heavy atom. The van der Waals surface area contributed by atoms with Gasteiger partial charge in [-0.25, -0.2) is 0 Å². The third-order valence-electron chi connectivity index (χ3n) is 5.08. The normalized spacial score (nSPS) is 38.8. The summed E-state index contributed by atoms with van der Waals surface area (Å²) >= 11 is 0. The lowest BCUT2D eigenvalue weighted by Crippen LogP contribution is -2.57. The van der Waals surface area contributed by atoms with Crippen molar-refractivity contribution in [3.8, 4) is 0 Å². The van der Waals surface area contributed by atoms with Crippen molar-refractivity contribution in [3.05, 3.63) is 0 Å². The van der Waals surface area contributed by atoms with Crippen LogP contribution in [0.2, 0.25) is 0 Å². The maximum absolute atomic E-state index is 5.86. The Bertz CT molecular complexity index is 252. The largest absolute Gasteiger partial charge is 0.382 e. The fourth-order valence-electron chi connectivity index (χ4n) is 3.66. The monoisotopic (exact) mass is 242 g/mol. The minimum absolute atomic E-state index is 0.398. The van der Waals surface area contributed by atoms with E-state index in [-0.39, 0.29) is 0 Å². The van der Waals surface area contributed by atoms with Crippen LogP contribution in [0.4, 0.5) is 0 Å². The summed E-state index contributed by atoms with van der Waals surface area (Å²) in [6.45, 7) is 8.83. The van der Waals surface area contributed by atoms with Crippen LogP contribution in [0, 0.1) is 23.2 Å². The minimum atomic E-state index is 0.398. The first-order valence-corrected chi connectivity index (χ1v) is 6.75. The standard InChI is InChI=1S/C14H26O3/c1-10-12-7-11(14(12,2)3)8-13(10)17-9-16-6-5-15-4/h10-13H,5-9H2,1-4H3/t10-,11-,12+,13-/m0/s1. The Kier molecular flexibility index (Phi) is 4.11. The van der Waals surface area contributed by atoms with E-state index in [0.717, 1.165) is 11.8 Å². The van der Waals surface area contributed by atoms with Crippen LogP contribution in [0.1, 0.15) is 33.6 Å². The van der Waals surface area contributed by atoms with E-state index in [1.807, 2.05) is 0 Å². The van der Waals surface area contributed by atoms with Crippen molar-refractivity contribution in [2.45, 2.75) is 39.7 Å². The molecule has 0 aliphatic heterocycles. The van der Waals surface area contributed by atoms with E-state index < -0.39 is 0 Å². The Balaban J connectivity index is 1.70. The van der Waals surface area contributed by atoms with Gasteiger partial charge in [-0.15, -0.1) is 0 Å². The lowest BCUT2D eigenvalue weighted by Gasteiger charge is -2.61. The van der Waals surface area contributed by atoms with Gasteiger partial charge in [-0.2, -0.15) is 0 Å². The Hall–Kier alpha value is -0.120. The van der Waals surface area contributed by atoms with E-state index in [9.17, 15) is 0 Å². The van der Waals surface area contributed by atoms with Gasteiger partial charge in [0.15, 0.2) is 0 Å². The molecule has 0 aromatic heterocycles. The van der Waals surface area contributed by atoms with Gasteiger partial charge in [-0.05, 0) is 36.0 Å². The second kappa shape index (κ2) is 5.25. The van der Waals surface area contributed by atoms with Crippen LogP contribution < -0.4 is 0 Å². The molecular formula is C14H26O3. The molecule has 0 aromatic rings. The molecule has 100 valence electrons. The Labute approximate surface area is 105 Å². The fourth-order valence-corrected chi connectivity index (χ4v) is 3.66. The summed E-state index contributed by atoms with van der Waals surface area (Å²) in [7, 11) is 1.68. The molecule has 0 amide bonds. The molecule has 3 saturated carbocycles. The zero-order chi connectivity index (χ0) is 12.5. The summed E-state index contributed by atoms with van der Waals surface area (Å²) in [5.41, 5.74) is 0.538. The zero-order valence-corrected chi connectivity index (χ0v) is 11.6. The highest BCUT2D eigenvalue weighted by atomic mass is 16.7. The first-order chi connectivity index (χ1) is 8.07. The van der Waals surface area contributed by atoms with Crippen molar-refractivity contribution in [1.29, 1.82) is 0 Å². The van der Waals surface area contributed by atoms with Crippen LogP contribution in [0.15, 0.2) is 0 Å². The highest BCUT2D eigenvalue weighted by Gasteiger charge is 2.56. The van der Waals surface area contributed by atoms with E-state index >= 15 is 0 Å². The number of hydrogen-bond donors (Lipinski definition) is 0. The van der Waals surface area contributed by atoms with Gasteiger partial charge in [0.05, 0.1) is 19.3 Å². The summed E-state index contributed by atoms with van der Waals surface area (Å²) in [5, 5.41) is 0. The molecular weight excluding hydrogens is 216 g/mol. The van der Waals surface area contributed by atoms with Gasteiger partial charge in [0.1, 0.15) is 6.79 Å². The molecule has 0 unspecified atom stereocenters. The third-order valence-corrected chi connectivity index (χ3v) is 5.08. The third kappa shape index (κ3) is 2.51. The second-order valence-corrected chi connectivity index (χ2v) is 6.18. The Morgan fingerprint density at radius 3 is 2.53 bits per heavy atom. The van der Waals surface area contributed by atoms with Gasteiger partial charge in [-0.3, -0.25) is 0 Å². The van der Waals surface area contributed by atoms with E-state index in [1.54, 1.807) is 7.11 Å². The highest BCUT2D eigenvalue weighted by molar-refractivity contribution is 5.05. The summed E-state index contributed by atoms with van der Waals surface area (Å²) in [6.07, 6.45) is 3.01. The smallest absolute Gasteiger partial charge is 0.147 e. The Morgan fingerprint density at radius 1 is 1.18 bits per heavy atom. The van der Waals surface area contributed by atoms with Gasteiger partial charge in [0.2, 0.25) is 0 Å². The van der Waals surface area contributed by atoms with E-state index in [2.05, 4.69) is 20.8 Å². The van der Waals surface area contributed by atoms with E-state index in [0.29, 0.717) is 37.4 Å². The van der Waals surface area contributed by atoms with E-state index in [1.165, 1.54) is 12.8 Å². The van der Waals surface area contributed by atoms with Gasteiger partial charge < -0.3 is 14.2 Å². The van der Waals surface area contributed by atoms with Crippen molar-refractivity contribution >= 4 is 0 Å². The molecule has 0 saturated heterocycles. The van der Waals surface area contributed by atoms with Crippen LogP contribution in [-0.2, 0) is 14.2 Å². The fraction of sp³-hybridized carbons (Fsp3) is 1.00. The van der Waals surface area contributed by atoms with Crippen molar-refractivity contribution in [1.82, 2.24) is 0 Å². The number of methoxy groups -OCH3 is 1. The molecule has 3 heteroatoms. The molecule has 0 N–H and O–H groups in total. The first kappa shape index (κ1) is 13.3. The summed E-state index contributed by atoms with van der Waals surface area (Å²) in [5.74, 6) is 2.36. The van der Waals surface area contributed by atoms with Crippen molar-refractivity contribution in [2.75, 3.05) is 27.1 Å². The summed E-state index contributed by atoms with van der Waals surface area (Å²) in [4.78, 5) is 0. The lowest BCUT2D eigenvalue weighted by molar-refractivity contribution is -0.201. The number of hydrogen-bond acceptors (Lipinski definition) is 3. The molecule has 3 nitrogen and oxygen atoms in total. The highest BCUT2D eigenvalue weighted by Crippen LogP contribution is 2.61. The molecule has 17 heavy (non-hydrogen) atoms. The molecule has 0 spiro atoms. The molecule has 0 aromatic carbocycles. The first-order valence-electron chi connectivity index (χ1n) is 6.75. The van der Waals surface area contributed by atoms with E-state index in [4.69, 9.17) is 14.2 Å². The molecule has 3 fully saturated rings. The number of fused-ring (bicyclic) bond motifs is 2. The SMILES string of the molecule is COCCOCO[C@H]1C[C@@H]2C[C@H]([C@@H]1C)C2(C)C. The molecule has 3 aliphatic rings. The van der Waals surface area contributed by atoms with Gasteiger partial charge in [0, 0.05) is 7.11 Å². The van der Waals surface area contributed by atoms with Crippen molar-refractivity contribution in [3.63, 3.8) is 0 Å². The average molecular weight is 242 g/mol. The molecule has 0 heterocycles. The van der Waals surface area contributed by atoms with Crippen LogP contribution in [0.25, 0.3) is 0 Å². The van der Waals surface area contributed by atoms with Crippen molar-refractivity contribution in [2.24, 2.45) is 23.2 Å². The maximum atomic E-state index is 5.86. The van der Waals surface area contributed by atoms with Gasteiger partial charge in [-0.1, -0.05) is 20.8 Å². The molecule has 4 atom stereocenters. The van der Waals surface area contributed by atoms with Gasteiger partial charge >= 0.3 is 0 Å². The average Bonchev–Trinajstić information content (AvgIpc) is 2.30. The minimum Gasteiger partial charge on any atom is -0.382 e. The second-order valence-electron chi connectivity index (χ2n) is 6.18. The molecule has 2 bridgehead atoms. The number of ether oxygens (including phenoxy) is 3. The lowest BCUT2D eigenvalue weighted by atomic mass is 9.45. The van der Waals surface area contributed by atoms with Crippen LogP contribution in [0.3, 0.4) is 0 Å². The maximum Gasteiger partial charge on any atom is 0.147 e. The summed E-state index contributed by atoms with van der Waals surface area (Å²) in [6, 6.07) is 0. The van der Waals surface area contributed by atoms with Crippen LogP contribution >= 0.6 is 0 Å². The van der Waals surface area contributed by atoms with Gasteiger partial charge in [0.25, 0.3) is 0 Å². The predicted octanol–water partition coefficient (Wildman–Crippen LogP) is 2.69. The van der Waals surface area contributed by atoms with Crippen LogP contribution in [-0.4, -0.2) is 33.2 Å².